The Hall–Kier alpha value is -1.15. The molecule has 2 atom stereocenters. The molecule has 2 aromatic rings. The van der Waals surface area contributed by atoms with E-state index in [1.165, 1.54) is 10.4 Å². The number of aromatic nitrogens is 1. The van der Waals surface area contributed by atoms with E-state index < -0.39 is 0 Å². The molecule has 4 nitrogen and oxygen atoms in total. The first-order valence-electron chi connectivity index (χ1n) is 8.61. The van der Waals surface area contributed by atoms with E-state index in [4.69, 9.17) is 4.99 Å². The zero-order chi connectivity index (χ0) is 17.4. The summed E-state index contributed by atoms with van der Waals surface area (Å²) >= 11 is 1.75. The Morgan fingerprint density at radius 3 is 2.56 bits per heavy atom. The van der Waals surface area contributed by atoms with Crippen LogP contribution in [0.1, 0.15) is 42.1 Å². The number of nitrogens with one attached hydrogen (secondary N) is 2. The van der Waals surface area contributed by atoms with Crippen LogP contribution in [0.3, 0.4) is 0 Å². The van der Waals surface area contributed by atoms with E-state index in [0.29, 0.717) is 12.0 Å². The van der Waals surface area contributed by atoms with Crippen molar-refractivity contribution in [3.63, 3.8) is 0 Å². The summed E-state index contributed by atoms with van der Waals surface area (Å²) in [6.45, 7) is 10.2. The number of halogens is 1. The lowest BCUT2D eigenvalue weighted by Gasteiger charge is -2.24. The summed E-state index contributed by atoms with van der Waals surface area (Å²) in [6, 6.07) is 10.9. The molecule has 0 spiro atoms. The van der Waals surface area contributed by atoms with Crippen molar-refractivity contribution in [2.45, 2.75) is 46.1 Å². The summed E-state index contributed by atoms with van der Waals surface area (Å²) in [5, 5.41) is 8.01. The molecule has 0 radical (unpaired) electrons. The monoisotopic (exact) mass is 472 g/mol. The molecule has 0 amide bonds. The standard InChI is InChI=1S/C19H28N4S.HI/c1-5-20-19(21-12-11-18-22-13-14(2)24-18)23-16(4)15(3)17-9-7-6-8-10-17;/h6-10,13,15-16H,5,11-12H2,1-4H3,(H2,20,21,23);1H. The molecule has 2 N–H and O–H groups in total. The Kier molecular flexibility index (Phi) is 10.0. The summed E-state index contributed by atoms with van der Waals surface area (Å²) in [4.78, 5) is 10.3. The van der Waals surface area contributed by atoms with Gasteiger partial charge in [0.1, 0.15) is 0 Å². The lowest BCUT2D eigenvalue weighted by molar-refractivity contribution is 0.550. The SMILES string of the molecule is CCNC(=NCCc1ncc(C)s1)NC(C)C(C)c1ccccc1.I. The van der Waals surface area contributed by atoms with E-state index >= 15 is 0 Å². The van der Waals surface area contributed by atoms with Gasteiger partial charge in [0.15, 0.2) is 5.96 Å². The van der Waals surface area contributed by atoms with Gasteiger partial charge in [0, 0.05) is 42.5 Å². The largest absolute Gasteiger partial charge is 0.357 e. The molecule has 25 heavy (non-hydrogen) atoms. The van der Waals surface area contributed by atoms with Crippen molar-refractivity contribution in [3.05, 3.63) is 52.0 Å². The van der Waals surface area contributed by atoms with Crippen LogP contribution in [0.2, 0.25) is 0 Å². The van der Waals surface area contributed by atoms with Crippen molar-refractivity contribution in [3.8, 4) is 0 Å². The average molecular weight is 472 g/mol. The Bertz CT molecular complexity index is 642. The molecule has 1 aromatic carbocycles. The van der Waals surface area contributed by atoms with Gasteiger partial charge in [0.25, 0.3) is 0 Å². The average Bonchev–Trinajstić information content (AvgIpc) is 3.00. The molecule has 0 fully saturated rings. The van der Waals surface area contributed by atoms with Gasteiger partial charge >= 0.3 is 0 Å². The first-order chi connectivity index (χ1) is 11.6. The van der Waals surface area contributed by atoms with E-state index in [-0.39, 0.29) is 24.0 Å². The molecule has 138 valence electrons. The molecular weight excluding hydrogens is 443 g/mol. The van der Waals surface area contributed by atoms with Crippen LogP contribution in [-0.4, -0.2) is 30.1 Å². The third-order valence-corrected chi connectivity index (χ3v) is 5.02. The number of hydrogen-bond donors (Lipinski definition) is 2. The van der Waals surface area contributed by atoms with Crippen molar-refractivity contribution >= 4 is 41.3 Å². The van der Waals surface area contributed by atoms with E-state index in [0.717, 1.165) is 30.5 Å². The number of aliphatic imine (C=N–C) groups is 1. The summed E-state index contributed by atoms with van der Waals surface area (Å²) in [7, 11) is 0. The topological polar surface area (TPSA) is 49.3 Å². The number of rotatable bonds is 7. The molecule has 6 heteroatoms. The zero-order valence-corrected chi connectivity index (χ0v) is 18.6. The number of thiazole rings is 1. The third kappa shape index (κ3) is 7.32. The maximum absolute atomic E-state index is 4.70. The normalized spacial score (nSPS) is 13.7. The number of hydrogen-bond acceptors (Lipinski definition) is 3. The summed E-state index contributed by atoms with van der Waals surface area (Å²) < 4.78 is 0. The van der Waals surface area contributed by atoms with Gasteiger partial charge < -0.3 is 10.6 Å². The molecule has 0 saturated heterocycles. The molecule has 2 unspecified atom stereocenters. The highest BCUT2D eigenvalue weighted by atomic mass is 127. The van der Waals surface area contributed by atoms with Gasteiger partial charge in [-0.15, -0.1) is 35.3 Å². The maximum atomic E-state index is 4.70. The summed E-state index contributed by atoms with van der Waals surface area (Å²) in [6.07, 6.45) is 2.81. The minimum Gasteiger partial charge on any atom is -0.357 e. The van der Waals surface area contributed by atoms with Crippen LogP contribution < -0.4 is 10.6 Å². The van der Waals surface area contributed by atoms with E-state index in [1.54, 1.807) is 11.3 Å². The number of aryl methyl sites for hydroxylation is 1. The Balaban J connectivity index is 0.00000312. The minimum atomic E-state index is 0. The Morgan fingerprint density at radius 2 is 1.96 bits per heavy atom. The van der Waals surface area contributed by atoms with Gasteiger partial charge in [-0.05, 0) is 26.3 Å². The number of benzene rings is 1. The van der Waals surface area contributed by atoms with Crippen molar-refractivity contribution < 1.29 is 0 Å². The molecule has 0 saturated carbocycles. The third-order valence-electron chi connectivity index (χ3n) is 4.05. The Labute approximate surface area is 172 Å². The number of guanidine groups is 1. The number of nitrogens with zero attached hydrogens (tertiary/aromatic N) is 2. The van der Waals surface area contributed by atoms with Crippen LogP contribution in [0.4, 0.5) is 0 Å². The Morgan fingerprint density at radius 1 is 1.24 bits per heavy atom. The van der Waals surface area contributed by atoms with Crippen molar-refractivity contribution in [2.75, 3.05) is 13.1 Å². The van der Waals surface area contributed by atoms with Gasteiger partial charge in [0.2, 0.25) is 0 Å². The molecule has 0 aliphatic rings. The minimum absolute atomic E-state index is 0. The molecule has 0 bridgehead atoms. The highest BCUT2D eigenvalue weighted by Gasteiger charge is 2.15. The first-order valence-corrected chi connectivity index (χ1v) is 9.43. The molecule has 1 heterocycles. The smallest absolute Gasteiger partial charge is 0.191 e. The summed E-state index contributed by atoms with van der Waals surface area (Å²) in [5.74, 6) is 1.29. The molecule has 2 rings (SSSR count). The maximum Gasteiger partial charge on any atom is 0.191 e. The van der Waals surface area contributed by atoms with Crippen LogP contribution in [0.15, 0.2) is 41.5 Å². The van der Waals surface area contributed by atoms with E-state index in [1.807, 2.05) is 6.20 Å². The highest BCUT2D eigenvalue weighted by Crippen LogP contribution is 2.18. The van der Waals surface area contributed by atoms with Gasteiger partial charge in [-0.1, -0.05) is 37.3 Å². The van der Waals surface area contributed by atoms with Crippen molar-refractivity contribution in [1.29, 1.82) is 0 Å². The van der Waals surface area contributed by atoms with Crippen LogP contribution in [0.5, 0.6) is 0 Å². The molecule has 0 aliphatic heterocycles. The summed E-state index contributed by atoms with van der Waals surface area (Å²) in [5.41, 5.74) is 1.34. The second-order valence-corrected chi connectivity index (χ2v) is 7.33. The van der Waals surface area contributed by atoms with Gasteiger partial charge in [-0.2, -0.15) is 0 Å². The fraction of sp³-hybridized carbons (Fsp3) is 0.474. The fourth-order valence-electron chi connectivity index (χ4n) is 2.49. The predicted octanol–water partition coefficient (Wildman–Crippen LogP) is 4.36. The van der Waals surface area contributed by atoms with Gasteiger partial charge in [0.05, 0.1) is 5.01 Å². The van der Waals surface area contributed by atoms with Crippen molar-refractivity contribution in [1.82, 2.24) is 15.6 Å². The van der Waals surface area contributed by atoms with Crippen molar-refractivity contribution in [2.24, 2.45) is 4.99 Å². The van der Waals surface area contributed by atoms with E-state index in [2.05, 4.69) is 73.6 Å². The highest BCUT2D eigenvalue weighted by molar-refractivity contribution is 14.0. The van der Waals surface area contributed by atoms with Gasteiger partial charge in [-0.3, -0.25) is 4.99 Å². The molecule has 0 aliphatic carbocycles. The van der Waals surface area contributed by atoms with Crippen LogP contribution >= 0.6 is 35.3 Å². The van der Waals surface area contributed by atoms with E-state index in [9.17, 15) is 0 Å². The lowest BCUT2D eigenvalue weighted by Crippen LogP contribution is -2.44. The second-order valence-electron chi connectivity index (χ2n) is 6.01. The first kappa shape index (κ1) is 21.9. The lowest BCUT2D eigenvalue weighted by atomic mass is 9.94. The zero-order valence-electron chi connectivity index (χ0n) is 15.5. The quantitative estimate of drug-likeness (QED) is 0.358. The van der Waals surface area contributed by atoms with Gasteiger partial charge in [-0.25, -0.2) is 4.98 Å². The van der Waals surface area contributed by atoms with Crippen LogP contribution in [0, 0.1) is 6.92 Å². The predicted molar refractivity (Wildman–Crippen MR) is 119 cm³/mol. The second kappa shape index (κ2) is 11.5. The van der Waals surface area contributed by atoms with Crippen LogP contribution in [-0.2, 0) is 6.42 Å². The molecular formula is C19H29IN4S. The fourth-order valence-corrected chi connectivity index (χ4v) is 3.26. The molecule has 1 aromatic heterocycles. The van der Waals surface area contributed by atoms with Crippen LogP contribution in [0.25, 0.3) is 0 Å².